The maximum Gasteiger partial charge on any atom is 0.0687 e. The van der Waals surface area contributed by atoms with Crippen molar-refractivity contribution in [3.8, 4) is 6.07 Å². The summed E-state index contributed by atoms with van der Waals surface area (Å²) >= 11 is 0. The minimum Gasteiger partial charge on any atom is -0.299 e. The van der Waals surface area contributed by atoms with Crippen molar-refractivity contribution in [1.29, 1.82) is 5.26 Å². The van der Waals surface area contributed by atoms with Gasteiger partial charge in [-0.3, -0.25) is 9.58 Å². The Labute approximate surface area is 96.5 Å². The molecule has 0 radical (unpaired) electrons. The Kier molecular flexibility index (Phi) is 2.97. The molecule has 0 aliphatic carbocycles. The average molecular weight is 218 g/mol. The molecule has 0 amide bonds. The first-order valence-corrected chi connectivity index (χ1v) is 5.72. The number of nitriles is 1. The lowest BCUT2D eigenvalue weighted by Gasteiger charge is -2.34. The zero-order valence-corrected chi connectivity index (χ0v) is 9.98. The molecule has 0 aromatic carbocycles. The summed E-state index contributed by atoms with van der Waals surface area (Å²) in [4.78, 5) is 2.40. The Balaban J connectivity index is 1.89. The first kappa shape index (κ1) is 11.2. The summed E-state index contributed by atoms with van der Waals surface area (Å²) in [6, 6.07) is 2.43. The van der Waals surface area contributed by atoms with Crippen LogP contribution in [0.1, 0.15) is 25.3 Å². The van der Waals surface area contributed by atoms with Gasteiger partial charge in [0.2, 0.25) is 0 Å². The second-order valence-electron chi connectivity index (χ2n) is 4.97. The summed E-state index contributed by atoms with van der Waals surface area (Å²) in [5.74, 6) is 0. The van der Waals surface area contributed by atoms with Gasteiger partial charge in [0.1, 0.15) is 0 Å². The molecule has 0 atom stereocenters. The van der Waals surface area contributed by atoms with Crippen molar-refractivity contribution in [1.82, 2.24) is 14.7 Å². The SMILES string of the molecule is Cn1cc(CN2CCC(C)(C#N)CC2)cn1. The Hall–Kier alpha value is -1.34. The Morgan fingerprint density at radius 3 is 2.69 bits per heavy atom. The molecule has 2 heterocycles. The van der Waals surface area contributed by atoms with Crippen molar-refractivity contribution in [2.45, 2.75) is 26.3 Å². The summed E-state index contributed by atoms with van der Waals surface area (Å²) < 4.78 is 1.83. The fraction of sp³-hybridized carbons (Fsp3) is 0.667. The predicted octanol–water partition coefficient (Wildman–Crippen LogP) is 1.55. The second-order valence-corrected chi connectivity index (χ2v) is 4.97. The fourth-order valence-corrected chi connectivity index (χ4v) is 2.13. The Morgan fingerprint density at radius 1 is 1.50 bits per heavy atom. The molecular formula is C12H18N4. The molecule has 4 heteroatoms. The lowest BCUT2D eigenvalue weighted by atomic mass is 9.82. The monoisotopic (exact) mass is 218 g/mol. The number of likely N-dealkylation sites (tertiary alicyclic amines) is 1. The largest absolute Gasteiger partial charge is 0.299 e. The first-order valence-electron chi connectivity index (χ1n) is 5.72. The number of hydrogen-bond acceptors (Lipinski definition) is 3. The summed E-state index contributed by atoms with van der Waals surface area (Å²) in [5, 5.41) is 13.2. The van der Waals surface area contributed by atoms with E-state index in [2.05, 4.69) is 29.2 Å². The van der Waals surface area contributed by atoms with Gasteiger partial charge in [-0.15, -0.1) is 0 Å². The summed E-state index contributed by atoms with van der Waals surface area (Å²) in [6.45, 7) is 5.04. The van der Waals surface area contributed by atoms with Crippen molar-refractivity contribution >= 4 is 0 Å². The summed E-state index contributed by atoms with van der Waals surface area (Å²) in [5.41, 5.74) is 1.15. The van der Waals surface area contributed by atoms with E-state index >= 15 is 0 Å². The van der Waals surface area contributed by atoms with Crippen LogP contribution in [-0.2, 0) is 13.6 Å². The van der Waals surface area contributed by atoms with E-state index in [1.54, 1.807) is 0 Å². The Bertz CT molecular complexity index is 393. The van der Waals surface area contributed by atoms with Crippen molar-refractivity contribution in [2.75, 3.05) is 13.1 Å². The molecule has 0 bridgehead atoms. The van der Waals surface area contributed by atoms with Crippen LogP contribution in [0, 0.1) is 16.7 Å². The van der Waals surface area contributed by atoms with Gasteiger partial charge in [0.15, 0.2) is 0 Å². The van der Waals surface area contributed by atoms with E-state index in [-0.39, 0.29) is 5.41 Å². The highest BCUT2D eigenvalue weighted by Gasteiger charge is 2.29. The molecule has 1 aromatic rings. The minimum absolute atomic E-state index is 0.106. The van der Waals surface area contributed by atoms with Gasteiger partial charge < -0.3 is 0 Å². The highest BCUT2D eigenvalue weighted by Crippen LogP contribution is 2.30. The molecule has 1 aliphatic heterocycles. The van der Waals surface area contributed by atoms with Gasteiger partial charge in [0, 0.05) is 25.4 Å². The number of aromatic nitrogens is 2. The lowest BCUT2D eigenvalue weighted by Crippen LogP contribution is -2.37. The number of piperidine rings is 1. The molecule has 1 aliphatic rings. The summed E-state index contributed by atoms with van der Waals surface area (Å²) in [6.07, 6.45) is 5.92. The van der Waals surface area contributed by atoms with Crippen LogP contribution in [-0.4, -0.2) is 27.8 Å². The predicted molar refractivity (Wildman–Crippen MR) is 61.4 cm³/mol. The highest BCUT2D eigenvalue weighted by atomic mass is 15.2. The van der Waals surface area contributed by atoms with Gasteiger partial charge in [-0.05, 0) is 32.9 Å². The van der Waals surface area contributed by atoms with Crippen LogP contribution in [0.3, 0.4) is 0 Å². The van der Waals surface area contributed by atoms with E-state index in [0.29, 0.717) is 0 Å². The van der Waals surface area contributed by atoms with Crippen molar-refractivity contribution < 1.29 is 0 Å². The van der Waals surface area contributed by atoms with Crippen LogP contribution in [0.5, 0.6) is 0 Å². The van der Waals surface area contributed by atoms with Gasteiger partial charge in [0.25, 0.3) is 0 Å². The minimum atomic E-state index is -0.106. The number of hydrogen-bond donors (Lipinski definition) is 0. The third kappa shape index (κ3) is 2.42. The molecule has 86 valence electrons. The molecule has 0 spiro atoms. The van der Waals surface area contributed by atoms with Crippen LogP contribution < -0.4 is 0 Å². The standard InChI is InChI=1S/C12H18N4/c1-12(10-13)3-5-16(6-4-12)9-11-7-14-15(2)8-11/h7-8H,3-6,9H2,1-2H3. The molecule has 0 N–H and O–H groups in total. The van der Waals surface area contributed by atoms with Crippen LogP contribution in [0.4, 0.5) is 0 Å². The third-order valence-corrected chi connectivity index (χ3v) is 3.39. The molecule has 1 saturated heterocycles. The molecule has 2 rings (SSSR count). The lowest BCUT2D eigenvalue weighted by molar-refractivity contribution is 0.150. The average Bonchev–Trinajstić information content (AvgIpc) is 2.68. The van der Waals surface area contributed by atoms with Crippen LogP contribution >= 0.6 is 0 Å². The van der Waals surface area contributed by atoms with Crippen molar-refractivity contribution in [3.63, 3.8) is 0 Å². The number of aryl methyl sites for hydroxylation is 1. The van der Waals surface area contributed by atoms with E-state index in [4.69, 9.17) is 5.26 Å². The summed E-state index contributed by atoms with van der Waals surface area (Å²) in [7, 11) is 1.94. The molecule has 0 unspecified atom stereocenters. The van der Waals surface area contributed by atoms with E-state index in [9.17, 15) is 0 Å². The fourth-order valence-electron chi connectivity index (χ4n) is 2.13. The highest BCUT2D eigenvalue weighted by molar-refractivity contribution is 5.05. The molecular weight excluding hydrogens is 200 g/mol. The third-order valence-electron chi connectivity index (χ3n) is 3.39. The van der Waals surface area contributed by atoms with Gasteiger partial charge in [-0.25, -0.2) is 0 Å². The topological polar surface area (TPSA) is 44.9 Å². The zero-order chi connectivity index (χ0) is 11.6. The van der Waals surface area contributed by atoms with E-state index in [0.717, 1.165) is 32.5 Å². The molecule has 0 saturated carbocycles. The van der Waals surface area contributed by atoms with Gasteiger partial charge >= 0.3 is 0 Å². The van der Waals surface area contributed by atoms with E-state index in [1.165, 1.54) is 5.56 Å². The second kappa shape index (κ2) is 4.26. The van der Waals surface area contributed by atoms with Crippen LogP contribution in [0.15, 0.2) is 12.4 Å². The van der Waals surface area contributed by atoms with E-state index < -0.39 is 0 Å². The number of nitrogens with zero attached hydrogens (tertiary/aromatic N) is 4. The maximum absolute atomic E-state index is 9.05. The smallest absolute Gasteiger partial charge is 0.0687 e. The van der Waals surface area contributed by atoms with Gasteiger partial charge in [-0.2, -0.15) is 10.4 Å². The van der Waals surface area contributed by atoms with Crippen LogP contribution in [0.2, 0.25) is 0 Å². The molecule has 1 aromatic heterocycles. The van der Waals surface area contributed by atoms with Crippen molar-refractivity contribution in [2.24, 2.45) is 12.5 Å². The molecule has 1 fully saturated rings. The zero-order valence-electron chi connectivity index (χ0n) is 9.98. The molecule has 4 nitrogen and oxygen atoms in total. The van der Waals surface area contributed by atoms with Gasteiger partial charge in [-0.1, -0.05) is 0 Å². The Morgan fingerprint density at radius 2 is 2.19 bits per heavy atom. The first-order chi connectivity index (χ1) is 7.61. The van der Waals surface area contributed by atoms with Crippen molar-refractivity contribution in [3.05, 3.63) is 18.0 Å². The normalized spacial score (nSPS) is 20.6. The maximum atomic E-state index is 9.05. The quantitative estimate of drug-likeness (QED) is 0.756. The van der Waals surface area contributed by atoms with E-state index in [1.807, 2.05) is 17.9 Å². The molecule has 16 heavy (non-hydrogen) atoms. The van der Waals surface area contributed by atoms with Crippen LogP contribution in [0.25, 0.3) is 0 Å². The van der Waals surface area contributed by atoms with Gasteiger partial charge in [0.05, 0.1) is 17.7 Å². The number of rotatable bonds is 2.